The summed E-state index contributed by atoms with van der Waals surface area (Å²) in [5.74, 6) is 0. The maximum absolute atomic E-state index is 2.83. The molecule has 0 amide bonds. The fourth-order valence-electron chi connectivity index (χ4n) is 8.89. The Kier molecular flexibility index (Phi) is 8.59. The van der Waals surface area contributed by atoms with Crippen LogP contribution in [-0.2, 0) is 0 Å². The average Bonchev–Trinajstić information content (AvgIpc) is 3.60. The SMILES string of the molecule is c1ccc(-c2ccc(-c3ccc(N(c4ccccc4-c4ccccc4)c4cccc5c4[Si](c4ccccc4)(c4ccccc4)c4ccccc4-5)cc3)cc2)cc1. The molecule has 0 saturated heterocycles. The summed E-state index contributed by atoms with van der Waals surface area (Å²) >= 11 is 0. The van der Waals surface area contributed by atoms with Crippen LogP contribution in [-0.4, -0.2) is 8.07 Å². The van der Waals surface area contributed by atoms with Crippen molar-refractivity contribution in [3.05, 3.63) is 237 Å². The molecule has 0 aliphatic carbocycles. The molecular weight excluding hydrogens is 691 g/mol. The molecule has 10 rings (SSSR count). The highest BCUT2D eigenvalue weighted by molar-refractivity contribution is 7.22. The maximum atomic E-state index is 2.53. The molecule has 0 unspecified atom stereocenters. The van der Waals surface area contributed by atoms with E-state index in [1.807, 2.05) is 0 Å². The van der Waals surface area contributed by atoms with E-state index in [9.17, 15) is 0 Å². The molecular formula is C54H39NSi. The van der Waals surface area contributed by atoms with Gasteiger partial charge in [-0.05, 0) is 84.0 Å². The van der Waals surface area contributed by atoms with Crippen LogP contribution in [0, 0.1) is 0 Å². The van der Waals surface area contributed by atoms with Crippen LogP contribution in [0.25, 0.3) is 44.5 Å². The molecule has 1 aliphatic heterocycles. The molecule has 0 N–H and O–H groups in total. The van der Waals surface area contributed by atoms with Crippen LogP contribution in [0.5, 0.6) is 0 Å². The summed E-state index contributed by atoms with van der Waals surface area (Å²) in [6.45, 7) is 0. The predicted molar refractivity (Wildman–Crippen MR) is 240 cm³/mol. The quantitative estimate of drug-likeness (QED) is 0.141. The van der Waals surface area contributed by atoms with Gasteiger partial charge >= 0.3 is 0 Å². The van der Waals surface area contributed by atoms with Crippen LogP contribution >= 0.6 is 0 Å². The fraction of sp³-hybridized carbons (Fsp3) is 0. The second-order valence-corrected chi connectivity index (χ2v) is 18.1. The van der Waals surface area contributed by atoms with Crippen molar-refractivity contribution in [3.8, 4) is 44.5 Å². The summed E-state index contributed by atoms with van der Waals surface area (Å²) in [5.41, 5.74) is 13.3. The van der Waals surface area contributed by atoms with Crippen molar-refractivity contribution in [2.24, 2.45) is 0 Å². The number of hydrogen-bond donors (Lipinski definition) is 0. The van der Waals surface area contributed by atoms with Crippen molar-refractivity contribution in [1.82, 2.24) is 0 Å². The average molecular weight is 730 g/mol. The third kappa shape index (κ3) is 5.62. The third-order valence-corrected chi connectivity index (χ3v) is 16.3. The number of benzene rings is 9. The lowest BCUT2D eigenvalue weighted by Crippen LogP contribution is -2.73. The lowest BCUT2D eigenvalue weighted by atomic mass is 9.99. The topological polar surface area (TPSA) is 3.24 Å². The second-order valence-electron chi connectivity index (χ2n) is 14.4. The molecule has 2 heteroatoms. The number of fused-ring (bicyclic) bond motifs is 3. The Morgan fingerprint density at radius 2 is 0.679 bits per heavy atom. The van der Waals surface area contributed by atoms with E-state index in [0.717, 1.165) is 11.4 Å². The molecule has 0 spiro atoms. The Labute approximate surface area is 330 Å². The van der Waals surface area contributed by atoms with Gasteiger partial charge < -0.3 is 4.90 Å². The minimum atomic E-state index is -2.83. The van der Waals surface area contributed by atoms with Crippen molar-refractivity contribution in [2.75, 3.05) is 4.90 Å². The second kappa shape index (κ2) is 14.3. The number of anilines is 3. The molecule has 0 aromatic heterocycles. The normalized spacial score (nSPS) is 12.4. The standard InChI is InChI=1S/C54H39NSi/c1-5-18-40(19-6-1)41-32-34-42(35-33-41)43-36-38-45(39-37-43)55(51-29-15-13-26-48(51)44-20-7-2-8-21-44)52-30-17-28-50-49-27-14-16-31-53(49)56(54(50)52,46-22-9-3-10-23-46)47-24-11-4-12-25-47/h1-39H. The van der Waals surface area contributed by atoms with Crippen LogP contribution < -0.4 is 25.6 Å². The maximum Gasteiger partial charge on any atom is 0.183 e. The zero-order valence-electron chi connectivity index (χ0n) is 31.0. The Morgan fingerprint density at radius 3 is 1.27 bits per heavy atom. The first-order valence-electron chi connectivity index (χ1n) is 19.4. The first-order chi connectivity index (χ1) is 27.8. The number of nitrogens with zero attached hydrogens (tertiary/aromatic N) is 1. The Balaban J connectivity index is 1.21. The van der Waals surface area contributed by atoms with Crippen molar-refractivity contribution in [2.45, 2.75) is 0 Å². The Morgan fingerprint density at radius 1 is 0.268 bits per heavy atom. The molecule has 0 saturated carbocycles. The number of para-hydroxylation sites is 1. The van der Waals surface area contributed by atoms with Gasteiger partial charge in [-0.2, -0.15) is 0 Å². The third-order valence-electron chi connectivity index (χ3n) is 11.4. The molecule has 1 heterocycles. The summed E-state index contributed by atoms with van der Waals surface area (Å²) < 4.78 is 0. The van der Waals surface area contributed by atoms with Gasteiger partial charge in [0.15, 0.2) is 8.07 Å². The van der Waals surface area contributed by atoms with Crippen LogP contribution in [0.1, 0.15) is 0 Å². The predicted octanol–water partition coefficient (Wildman–Crippen LogP) is 11.5. The molecule has 56 heavy (non-hydrogen) atoms. The van der Waals surface area contributed by atoms with E-state index in [4.69, 9.17) is 0 Å². The van der Waals surface area contributed by atoms with Crippen molar-refractivity contribution in [3.63, 3.8) is 0 Å². The van der Waals surface area contributed by atoms with E-state index in [1.165, 1.54) is 70.9 Å². The fourth-order valence-corrected chi connectivity index (χ4v) is 14.3. The monoisotopic (exact) mass is 729 g/mol. The molecule has 0 bridgehead atoms. The van der Waals surface area contributed by atoms with Crippen LogP contribution in [0.4, 0.5) is 17.1 Å². The van der Waals surface area contributed by atoms with Gasteiger partial charge in [0.1, 0.15) is 0 Å². The van der Waals surface area contributed by atoms with Gasteiger partial charge in [0.2, 0.25) is 0 Å². The van der Waals surface area contributed by atoms with Crippen molar-refractivity contribution < 1.29 is 0 Å². The van der Waals surface area contributed by atoms with Crippen molar-refractivity contribution in [1.29, 1.82) is 0 Å². The lowest BCUT2D eigenvalue weighted by molar-refractivity contribution is 1.29. The van der Waals surface area contributed by atoms with E-state index >= 15 is 0 Å². The van der Waals surface area contributed by atoms with Gasteiger partial charge in [-0.25, -0.2) is 0 Å². The molecule has 0 atom stereocenters. The first-order valence-corrected chi connectivity index (χ1v) is 21.4. The highest BCUT2D eigenvalue weighted by atomic mass is 28.3. The highest BCUT2D eigenvalue weighted by Crippen LogP contribution is 2.43. The van der Waals surface area contributed by atoms with E-state index in [2.05, 4.69) is 241 Å². The molecule has 9 aromatic carbocycles. The minimum absolute atomic E-state index is 1.12. The smallest absolute Gasteiger partial charge is 0.183 e. The van der Waals surface area contributed by atoms with Gasteiger partial charge in [-0.15, -0.1) is 0 Å². The van der Waals surface area contributed by atoms with E-state index in [1.54, 1.807) is 0 Å². The van der Waals surface area contributed by atoms with Gasteiger partial charge in [0, 0.05) is 16.9 Å². The summed E-state index contributed by atoms with van der Waals surface area (Å²) in [5, 5.41) is 5.62. The Bertz CT molecular complexity index is 2720. The van der Waals surface area contributed by atoms with E-state index in [-0.39, 0.29) is 0 Å². The summed E-state index contributed by atoms with van der Waals surface area (Å²) in [6.07, 6.45) is 0. The zero-order chi connectivity index (χ0) is 37.3. The first kappa shape index (κ1) is 33.6. The van der Waals surface area contributed by atoms with E-state index < -0.39 is 8.07 Å². The van der Waals surface area contributed by atoms with Crippen LogP contribution in [0.3, 0.4) is 0 Å². The summed E-state index contributed by atoms with van der Waals surface area (Å²) in [6, 6.07) is 87.1. The van der Waals surface area contributed by atoms with Crippen LogP contribution in [0.15, 0.2) is 237 Å². The van der Waals surface area contributed by atoms with Crippen molar-refractivity contribution >= 4 is 45.9 Å². The lowest BCUT2D eigenvalue weighted by Gasteiger charge is -2.36. The molecule has 9 aromatic rings. The molecule has 0 fully saturated rings. The highest BCUT2D eigenvalue weighted by Gasteiger charge is 2.50. The van der Waals surface area contributed by atoms with Crippen LogP contribution in [0.2, 0.25) is 0 Å². The molecule has 264 valence electrons. The molecule has 0 radical (unpaired) electrons. The van der Waals surface area contributed by atoms with Gasteiger partial charge in [0.05, 0.1) is 5.69 Å². The van der Waals surface area contributed by atoms with Gasteiger partial charge in [-0.1, -0.05) is 212 Å². The molecule has 1 aliphatic rings. The number of rotatable bonds is 8. The molecule has 1 nitrogen and oxygen atoms in total. The van der Waals surface area contributed by atoms with Gasteiger partial charge in [-0.3, -0.25) is 0 Å². The van der Waals surface area contributed by atoms with E-state index in [0.29, 0.717) is 0 Å². The number of hydrogen-bond acceptors (Lipinski definition) is 1. The zero-order valence-corrected chi connectivity index (χ0v) is 32.0. The largest absolute Gasteiger partial charge is 0.310 e. The Hall–Kier alpha value is -7.00. The summed E-state index contributed by atoms with van der Waals surface area (Å²) in [7, 11) is -2.83. The minimum Gasteiger partial charge on any atom is -0.310 e. The van der Waals surface area contributed by atoms with Gasteiger partial charge in [0.25, 0.3) is 0 Å². The summed E-state index contributed by atoms with van der Waals surface area (Å²) in [4.78, 5) is 2.53.